The van der Waals surface area contributed by atoms with E-state index in [0.717, 1.165) is 24.7 Å². The lowest BCUT2D eigenvalue weighted by Gasteiger charge is -2.31. The van der Waals surface area contributed by atoms with Crippen molar-refractivity contribution in [2.45, 2.75) is 52.2 Å². The molecule has 3 N–H and O–H groups in total. The zero-order valence-corrected chi connectivity index (χ0v) is 14.9. The molecule has 1 unspecified atom stereocenters. The first-order valence-electron chi connectivity index (χ1n) is 8.81. The molecule has 2 amide bonds. The van der Waals surface area contributed by atoms with Gasteiger partial charge in [-0.1, -0.05) is 25.9 Å². The minimum Gasteiger partial charge on any atom is -0.390 e. The van der Waals surface area contributed by atoms with Gasteiger partial charge >= 0.3 is 6.03 Å². The van der Waals surface area contributed by atoms with E-state index < -0.39 is 6.10 Å². The summed E-state index contributed by atoms with van der Waals surface area (Å²) in [5.74, 6) is 1.69. The van der Waals surface area contributed by atoms with Crippen LogP contribution in [0.5, 0.6) is 0 Å². The number of hydrogen-bond acceptors (Lipinski definition) is 5. The van der Waals surface area contributed by atoms with Crippen molar-refractivity contribution in [1.29, 1.82) is 0 Å². The molecule has 7 nitrogen and oxygen atoms in total. The van der Waals surface area contributed by atoms with Crippen LogP contribution in [0.4, 0.5) is 4.79 Å². The zero-order valence-electron chi connectivity index (χ0n) is 14.9. The van der Waals surface area contributed by atoms with Gasteiger partial charge in [0, 0.05) is 19.2 Å². The van der Waals surface area contributed by atoms with Crippen LogP contribution in [0.1, 0.15) is 51.0 Å². The summed E-state index contributed by atoms with van der Waals surface area (Å²) in [6.45, 7) is 9.50. The molecule has 1 aliphatic heterocycles. The number of aromatic nitrogens is 1. The second-order valence-electron chi connectivity index (χ2n) is 7.07. The van der Waals surface area contributed by atoms with Crippen LogP contribution in [0.2, 0.25) is 0 Å². The number of rotatable bonds is 7. The van der Waals surface area contributed by atoms with Crippen LogP contribution in [0.15, 0.2) is 10.6 Å². The topological polar surface area (TPSA) is 90.6 Å². The van der Waals surface area contributed by atoms with Crippen molar-refractivity contribution >= 4 is 6.03 Å². The molecular formula is C17H30N4O3. The van der Waals surface area contributed by atoms with Gasteiger partial charge in [0.05, 0.1) is 18.3 Å². The third kappa shape index (κ3) is 6.13. The molecule has 0 bridgehead atoms. The lowest BCUT2D eigenvalue weighted by Crippen LogP contribution is -2.45. The third-order valence-electron chi connectivity index (χ3n) is 4.44. The van der Waals surface area contributed by atoms with Gasteiger partial charge in [0.15, 0.2) is 5.76 Å². The number of aliphatic hydroxyl groups excluding tert-OH is 1. The number of nitrogens with zero attached hydrogens (tertiary/aromatic N) is 2. The van der Waals surface area contributed by atoms with Crippen LogP contribution in [0.3, 0.4) is 0 Å². The molecule has 1 aromatic heterocycles. The van der Waals surface area contributed by atoms with Crippen molar-refractivity contribution in [3.8, 4) is 0 Å². The molecule has 0 aromatic carbocycles. The van der Waals surface area contributed by atoms with Crippen LogP contribution in [0, 0.1) is 5.92 Å². The third-order valence-corrected chi connectivity index (χ3v) is 4.44. The Morgan fingerprint density at radius 3 is 2.75 bits per heavy atom. The van der Waals surface area contributed by atoms with Gasteiger partial charge in [-0.15, -0.1) is 0 Å². The second kappa shape index (κ2) is 9.03. The smallest absolute Gasteiger partial charge is 0.315 e. The van der Waals surface area contributed by atoms with Gasteiger partial charge in [-0.3, -0.25) is 0 Å². The van der Waals surface area contributed by atoms with E-state index in [1.807, 2.05) is 19.9 Å². The lowest BCUT2D eigenvalue weighted by atomic mass is 9.99. The molecule has 0 saturated carbocycles. The van der Waals surface area contributed by atoms with Crippen LogP contribution in [-0.4, -0.2) is 53.5 Å². The Bertz CT molecular complexity index is 510. The molecule has 1 aromatic rings. The maximum atomic E-state index is 11.8. The molecule has 2 heterocycles. The fraction of sp³-hybridized carbons (Fsp3) is 0.765. The van der Waals surface area contributed by atoms with Crippen molar-refractivity contribution in [2.75, 3.05) is 26.2 Å². The largest absolute Gasteiger partial charge is 0.390 e. The summed E-state index contributed by atoms with van der Waals surface area (Å²) in [6.07, 6.45) is 1.80. The van der Waals surface area contributed by atoms with E-state index in [9.17, 15) is 9.90 Å². The van der Waals surface area contributed by atoms with E-state index in [2.05, 4.69) is 27.6 Å². The summed E-state index contributed by atoms with van der Waals surface area (Å²) < 4.78 is 5.16. The van der Waals surface area contributed by atoms with Gasteiger partial charge in [0.2, 0.25) is 0 Å². The van der Waals surface area contributed by atoms with Gasteiger partial charge in [-0.05, 0) is 37.8 Å². The van der Waals surface area contributed by atoms with Gasteiger partial charge < -0.3 is 25.2 Å². The Labute approximate surface area is 143 Å². The highest BCUT2D eigenvalue weighted by atomic mass is 16.5. The number of aliphatic hydroxyl groups is 1. The summed E-state index contributed by atoms with van der Waals surface area (Å²) >= 11 is 0. The van der Waals surface area contributed by atoms with Crippen LogP contribution < -0.4 is 10.6 Å². The van der Waals surface area contributed by atoms with Crippen molar-refractivity contribution in [3.63, 3.8) is 0 Å². The number of urea groups is 1. The molecule has 0 radical (unpaired) electrons. The Morgan fingerprint density at radius 1 is 1.42 bits per heavy atom. The van der Waals surface area contributed by atoms with E-state index in [1.54, 1.807) is 0 Å². The van der Waals surface area contributed by atoms with E-state index in [0.29, 0.717) is 18.2 Å². The normalized spacial score (nSPS) is 17.9. The molecule has 7 heteroatoms. The Morgan fingerprint density at radius 2 is 2.12 bits per heavy atom. The summed E-state index contributed by atoms with van der Waals surface area (Å²) in [5.41, 5.74) is 0.874. The number of nitrogens with one attached hydrogen (secondary N) is 2. The number of amides is 2. The highest BCUT2D eigenvalue weighted by Crippen LogP contribution is 2.16. The molecule has 1 aliphatic rings. The molecule has 1 saturated heterocycles. The van der Waals surface area contributed by atoms with Gasteiger partial charge in [0.25, 0.3) is 0 Å². The first kappa shape index (κ1) is 18.7. The minimum atomic E-state index is -0.554. The average molecular weight is 338 g/mol. The second-order valence-corrected chi connectivity index (χ2v) is 7.07. The van der Waals surface area contributed by atoms with Gasteiger partial charge in [-0.25, -0.2) is 4.79 Å². The number of β-amino-alcohol motifs (C(OH)–C–C–N with tert-alkyl or cyclic N) is 1. The Balaban J connectivity index is 1.61. The van der Waals surface area contributed by atoms with E-state index in [1.165, 1.54) is 12.8 Å². The first-order chi connectivity index (χ1) is 11.4. The molecule has 1 atom stereocenters. The van der Waals surface area contributed by atoms with E-state index >= 15 is 0 Å². The standard InChI is InChI=1S/C17H30N4O3/c1-12(2)16-8-15(24-20-16)10-19-17(23)18-9-14(22)11-21-6-4-13(3)5-7-21/h8,12-14,22H,4-7,9-11H2,1-3H3,(H2,18,19,23). The molecule has 136 valence electrons. The van der Waals surface area contributed by atoms with Gasteiger partial charge in [0.1, 0.15) is 0 Å². The highest BCUT2D eigenvalue weighted by molar-refractivity contribution is 5.73. The predicted octanol–water partition coefficient (Wildman–Crippen LogP) is 1.69. The fourth-order valence-electron chi connectivity index (χ4n) is 2.73. The van der Waals surface area contributed by atoms with Crippen LogP contribution in [0.25, 0.3) is 0 Å². The maximum absolute atomic E-state index is 11.8. The summed E-state index contributed by atoms with van der Waals surface area (Å²) in [4.78, 5) is 14.0. The monoisotopic (exact) mass is 338 g/mol. The molecule has 1 fully saturated rings. The maximum Gasteiger partial charge on any atom is 0.315 e. The lowest BCUT2D eigenvalue weighted by molar-refractivity contribution is 0.0920. The Kier molecular flexibility index (Phi) is 7.05. The fourth-order valence-corrected chi connectivity index (χ4v) is 2.73. The number of piperidine rings is 1. The summed E-state index contributed by atoms with van der Waals surface area (Å²) in [7, 11) is 0. The predicted molar refractivity (Wildman–Crippen MR) is 91.7 cm³/mol. The highest BCUT2D eigenvalue weighted by Gasteiger charge is 2.18. The summed E-state index contributed by atoms with van der Waals surface area (Å²) in [5, 5.41) is 19.4. The van der Waals surface area contributed by atoms with E-state index in [-0.39, 0.29) is 19.1 Å². The van der Waals surface area contributed by atoms with Crippen LogP contribution >= 0.6 is 0 Å². The molecular weight excluding hydrogens is 308 g/mol. The number of carbonyl (C=O) groups excluding carboxylic acids is 1. The Hall–Kier alpha value is -1.60. The van der Waals surface area contributed by atoms with E-state index in [4.69, 9.17) is 4.52 Å². The zero-order chi connectivity index (χ0) is 17.5. The first-order valence-corrected chi connectivity index (χ1v) is 8.81. The number of likely N-dealkylation sites (tertiary alicyclic amines) is 1. The quantitative estimate of drug-likeness (QED) is 0.704. The van der Waals surface area contributed by atoms with Crippen molar-refractivity contribution < 1.29 is 14.4 Å². The molecule has 2 rings (SSSR count). The number of carbonyl (C=O) groups is 1. The van der Waals surface area contributed by atoms with Crippen LogP contribution in [-0.2, 0) is 6.54 Å². The van der Waals surface area contributed by atoms with Crippen molar-refractivity contribution in [3.05, 3.63) is 17.5 Å². The van der Waals surface area contributed by atoms with Gasteiger partial charge in [-0.2, -0.15) is 0 Å². The summed E-state index contributed by atoms with van der Waals surface area (Å²) in [6, 6.07) is 1.53. The molecule has 0 spiro atoms. The van der Waals surface area contributed by atoms with Crippen molar-refractivity contribution in [2.24, 2.45) is 5.92 Å². The SMILES string of the molecule is CC1CCN(CC(O)CNC(=O)NCc2cc(C(C)C)no2)CC1. The molecule has 0 aliphatic carbocycles. The molecule has 24 heavy (non-hydrogen) atoms. The average Bonchev–Trinajstić information content (AvgIpc) is 3.02. The number of hydrogen-bond donors (Lipinski definition) is 3. The van der Waals surface area contributed by atoms with Crippen molar-refractivity contribution in [1.82, 2.24) is 20.7 Å². The minimum absolute atomic E-state index is 0.242.